The van der Waals surface area contributed by atoms with Gasteiger partial charge in [-0.2, -0.15) is 0 Å². The molecule has 3 rings (SSSR count). The van der Waals surface area contributed by atoms with Crippen molar-refractivity contribution in [2.45, 2.75) is 13.0 Å². The summed E-state index contributed by atoms with van der Waals surface area (Å²) in [5.41, 5.74) is 0.130. The summed E-state index contributed by atoms with van der Waals surface area (Å²) in [7, 11) is 0. The number of carbonyl (C=O) groups is 3. The summed E-state index contributed by atoms with van der Waals surface area (Å²) in [6.07, 6.45) is 0. The zero-order chi connectivity index (χ0) is 21.1. The lowest BCUT2D eigenvalue weighted by atomic mass is 9.95. The molecular weight excluding hydrogens is 399 g/mol. The van der Waals surface area contributed by atoms with Crippen LogP contribution in [0, 0.1) is 5.82 Å². The summed E-state index contributed by atoms with van der Waals surface area (Å²) >= 11 is 5.87. The molecule has 6 nitrogen and oxygen atoms in total. The Bertz CT molecular complexity index is 1000. The van der Waals surface area contributed by atoms with Gasteiger partial charge in [-0.1, -0.05) is 29.8 Å². The highest BCUT2D eigenvalue weighted by Crippen LogP contribution is 2.40. The van der Waals surface area contributed by atoms with Crippen molar-refractivity contribution in [2.24, 2.45) is 0 Å². The zero-order valence-corrected chi connectivity index (χ0v) is 16.2. The van der Waals surface area contributed by atoms with E-state index in [-0.39, 0.29) is 35.7 Å². The van der Waals surface area contributed by atoms with Gasteiger partial charge >= 0.3 is 0 Å². The molecule has 150 valence electrons. The van der Waals surface area contributed by atoms with Crippen molar-refractivity contribution in [1.82, 2.24) is 10.2 Å². The third-order valence-electron chi connectivity index (χ3n) is 4.58. The maximum absolute atomic E-state index is 14.6. The van der Waals surface area contributed by atoms with Gasteiger partial charge in [-0.05, 0) is 30.3 Å². The Labute approximate surface area is 171 Å². The van der Waals surface area contributed by atoms with Crippen molar-refractivity contribution in [2.75, 3.05) is 13.1 Å². The van der Waals surface area contributed by atoms with Crippen LogP contribution in [0.1, 0.15) is 24.1 Å². The molecule has 1 aliphatic rings. The normalized spacial score (nSPS) is 18.2. The Morgan fingerprint density at radius 2 is 1.83 bits per heavy atom. The molecule has 0 spiro atoms. The quantitative estimate of drug-likeness (QED) is 0.445. The Hall–Kier alpha value is -3.19. The van der Waals surface area contributed by atoms with Gasteiger partial charge in [0, 0.05) is 36.2 Å². The lowest BCUT2D eigenvalue weighted by Gasteiger charge is -2.25. The van der Waals surface area contributed by atoms with E-state index >= 15 is 0 Å². The van der Waals surface area contributed by atoms with E-state index in [2.05, 4.69) is 5.32 Å². The molecule has 2 N–H and O–H groups in total. The number of Topliss-reactive ketones (excluding diaryl/α,β-unsaturated/α-hetero) is 1. The van der Waals surface area contributed by atoms with Gasteiger partial charge in [0.2, 0.25) is 5.91 Å². The number of hydrogen-bond donors (Lipinski definition) is 2. The van der Waals surface area contributed by atoms with Crippen LogP contribution in [0.2, 0.25) is 5.02 Å². The minimum atomic E-state index is -1.12. The third kappa shape index (κ3) is 4.14. The van der Waals surface area contributed by atoms with Crippen LogP contribution in [0.4, 0.5) is 4.39 Å². The van der Waals surface area contributed by atoms with Gasteiger partial charge in [-0.3, -0.25) is 14.4 Å². The predicted molar refractivity (Wildman–Crippen MR) is 106 cm³/mol. The summed E-state index contributed by atoms with van der Waals surface area (Å²) in [5, 5.41) is 13.8. The topological polar surface area (TPSA) is 86.7 Å². The number of rotatable bonds is 5. The van der Waals surface area contributed by atoms with E-state index < -0.39 is 29.3 Å². The Morgan fingerprint density at radius 3 is 2.45 bits per heavy atom. The largest absolute Gasteiger partial charge is 0.507 e. The maximum Gasteiger partial charge on any atom is 0.295 e. The molecule has 1 saturated heterocycles. The number of nitrogens with one attached hydrogen (secondary N) is 1. The minimum absolute atomic E-state index is 0.0272. The molecule has 29 heavy (non-hydrogen) atoms. The van der Waals surface area contributed by atoms with Crippen LogP contribution in [0.3, 0.4) is 0 Å². The van der Waals surface area contributed by atoms with Crippen LogP contribution >= 0.6 is 11.6 Å². The Kier molecular flexibility index (Phi) is 5.98. The number of halogens is 2. The molecule has 8 heteroatoms. The standard InChI is InChI=1S/C21H18ClFN2O4/c1-12(26)24-10-11-25-18(15-4-2-3-5-16(15)23)17(20(28)21(25)29)19(27)13-6-8-14(22)9-7-13/h2-9,18,27H,10-11H2,1H3,(H,24,26)/b19-17+. The first-order valence-corrected chi connectivity index (χ1v) is 9.22. The highest BCUT2D eigenvalue weighted by Gasteiger charge is 2.46. The van der Waals surface area contributed by atoms with Gasteiger partial charge < -0.3 is 15.3 Å². The van der Waals surface area contributed by atoms with Crippen molar-refractivity contribution >= 4 is 35.0 Å². The van der Waals surface area contributed by atoms with Crippen LogP contribution < -0.4 is 5.32 Å². The molecular formula is C21H18ClFN2O4. The van der Waals surface area contributed by atoms with Crippen molar-refractivity contribution in [3.8, 4) is 0 Å². The van der Waals surface area contributed by atoms with Gasteiger partial charge in [-0.15, -0.1) is 0 Å². The minimum Gasteiger partial charge on any atom is -0.507 e. The summed E-state index contributed by atoms with van der Waals surface area (Å²) in [6.45, 7) is 1.37. The first kappa shape index (κ1) is 20.5. The summed E-state index contributed by atoms with van der Waals surface area (Å²) < 4.78 is 14.6. The number of hydrogen-bond acceptors (Lipinski definition) is 4. The van der Waals surface area contributed by atoms with E-state index in [4.69, 9.17) is 11.6 Å². The smallest absolute Gasteiger partial charge is 0.295 e. The van der Waals surface area contributed by atoms with Crippen molar-refractivity contribution in [3.05, 3.63) is 76.1 Å². The van der Waals surface area contributed by atoms with Gasteiger partial charge in [-0.25, -0.2) is 4.39 Å². The average Bonchev–Trinajstić information content (AvgIpc) is 2.93. The van der Waals surface area contributed by atoms with E-state index in [0.717, 1.165) is 4.90 Å². The fraction of sp³-hybridized carbons (Fsp3) is 0.190. The van der Waals surface area contributed by atoms with Crippen LogP contribution in [-0.2, 0) is 14.4 Å². The molecule has 0 aromatic heterocycles. The summed E-state index contributed by atoms with van der Waals surface area (Å²) in [5.74, 6) is -3.14. The molecule has 0 radical (unpaired) electrons. The zero-order valence-electron chi connectivity index (χ0n) is 15.5. The van der Waals surface area contributed by atoms with E-state index in [1.165, 1.54) is 49.4 Å². The second kappa shape index (κ2) is 8.45. The van der Waals surface area contributed by atoms with E-state index in [1.54, 1.807) is 6.07 Å². The third-order valence-corrected chi connectivity index (χ3v) is 4.84. The van der Waals surface area contributed by atoms with Crippen LogP contribution in [0.15, 0.2) is 54.1 Å². The van der Waals surface area contributed by atoms with Crippen molar-refractivity contribution < 1.29 is 23.9 Å². The fourth-order valence-corrected chi connectivity index (χ4v) is 3.37. The number of benzene rings is 2. The highest BCUT2D eigenvalue weighted by atomic mass is 35.5. The summed E-state index contributed by atoms with van der Waals surface area (Å²) in [4.78, 5) is 37.7. The van der Waals surface area contributed by atoms with Crippen molar-refractivity contribution in [1.29, 1.82) is 0 Å². The lowest BCUT2D eigenvalue weighted by molar-refractivity contribution is -0.140. The van der Waals surface area contributed by atoms with Crippen LogP contribution in [-0.4, -0.2) is 40.7 Å². The molecule has 1 fully saturated rings. The van der Waals surface area contributed by atoms with Gasteiger partial charge in [0.1, 0.15) is 11.6 Å². The first-order valence-electron chi connectivity index (χ1n) is 8.84. The molecule has 1 heterocycles. The molecule has 2 amide bonds. The van der Waals surface area contributed by atoms with Crippen LogP contribution in [0.25, 0.3) is 5.76 Å². The molecule has 2 aromatic rings. The van der Waals surface area contributed by atoms with Gasteiger partial charge in [0.15, 0.2) is 0 Å². The summed E-state index contributed by atoms with van der Waals surface area (Å²) in [6, 6.07) is 10.7. The van der Waals surface area contributed by atoms with Gasteiger partial charge in [0.05, 0.1) is 11.6 Å². The molecule has 0 aliphatic carbocycles. The molecule has 0 bridgehead atoms. The first-order chi connectivity index (χ1) is 13.8. The monoisotopic (exact) mass is 416 g/mol. The number of ketones is 1. The SMILES string of the molecule is CC(=O)NCCN1C(=O)C(=O)/C(=C(/O)c2ccc(Cl)cc2)C1c1ccccc1F. The highest BCUT2D eigenvalue weighted by molar-refractivity contribution is 6.46. The molecule has 1 aliphatic heterocycles. The fourth-order valence-electron chi connectivity index (χ4n) is 3.25. The van der Waals surface area contributed by atoms with Crippen molar-refractivity contribution in [3.63, 3.8) is 0 Å². The van der Waals surface area contributed by atoms with E-state index in [1.807, 2.05) is 0 Å². The second-order valence-corrected chi connectivity index (χ2v) is 6.94. The number of aliphatic hydroxyl groups excluding tert-OH is 1. The second-order valence-electron chi connectivity index (χ2n) is 6.50. The number of likely N-dealkylation sites (tertiary alicyclic amines) is 1. The molecule has 1 atom stereocenters. The maximum atomic E-state index is 14.6. The number of nitrogens with zero attached hydrogens (tertiary/aromatic N) is 1. The van der Waals surface area contributed by atoms with E-state index in [0.29, 0.717) is 5.02 Å². The Balaban J connectivity index is 2.12. The number of aliphatic hydroxyl groups is 1. The molecule has 0 saturated carbocycles. The number of carbonyl (C=O) groups excluding carboxylic acids is 3. The number of amides is 2. The molecule has 2 aromatic carbocycles. The average molecular weight is 417 g/mol. The predicted octanol–water partition coefficient (Wildman–Crippen LogP) is 3.04. The molecule has 1 unspecified atom stereocenters. The van der Waals surface area contributed by atoms with E-state index in [9.17, 15) is 23.9 Å². The Morgan fingerprint density at radius 1 is 1.17 bits per heavy atom. The lowest BCUT2D eigenvalue weighted by Crippen LogP contribution is -2.37. The van der Waals surface area contributed by atoms with Crippen LogP contribution in [0.5, 0.6) is 0 Å². The van der Waals surface area contributed by atoms with Gasteiger partial charge in [0.25, 0.3) is 11.7 Å².